The van der Waals surface area contributed by atoms with Crippen LogP contribution in [-0.2, 0) is 6.42 Å². The molecule has 0 bridgehead atoms. The lowest BCUT2D eigenvalue weighted by molar-refractivity contribution is 0.354. The van der Waals surface area contributed by atoms with Crippen LogP contribution in [0.2, 0.25) is 0 Å². The van der Waals surface area contributed by atoms with E-state index in [1.165, 1.54) is 0 Å². The molecule has 0 unspecified atom stereocenters. The van der Waals surface area contributed by atoms with Crippen LogP contribution in [0.1, 0.15) is 11.4 Å². The Hall–Kier alpha value is -1.57. The molecule has 1 aromatic heterocycles. The van der Waals surface area contributed by atoms with Crippen LogP contribution in [0.3, 0.4) is 0 Å². The van der Waals surface area contributed by atoms with Crippen molar-refractivity contribution < 1.29 is 9.47 Å². The van der Waals surface area contributed by atoms with E-state index in [2.05, 4.69) is 32.6 Å². The summed E-state index contributed by atoms with van der Waals surface area (Å²) in [5.41, 5.74) is 6.81. The first-order valence-electron chi connectivity index (χ1n) is 5.62. The summed E-state index contributed by atoms with van der Waals surface area (Å²) in [6.07, 6.45) is 2.32. The van der Waals surface area contributed by atoms with Gasteiger partial charge in [0.2, 0.25) is 0 Å². The van der Waals surface area contributed by atoms with Gasteiger partial charge in [0, 0.05) is 12.6 Å². The average Bonchev–Trinajstić information content (AvgIpc) is 2.43. The summed E-state index contributed by atoms with van der Waals surface area (Å²) in [6, 6.07) is 5.74. The summed E-state index contributed by atoms with van der Waals surface area (Å²) in [5, 5.41) is 0. The Bertz CT molecular complexity index is 590. The summed E-state index contributed by atoms with van der Waals surface area (Å²) in [5.74, 6) is 2.59. The van der Waals surface area contributed by atoms with E-state index in [0.717, 1.165) is 9.13 Å². The van der Waals surface area contributed by atoms with Crippen molar-refractivity contribution >= 4 is 28.4 Å². The normalized spacial score (nSPS) is 10.3. The highest BCUT2D eigenvalue weighted by Gasteiger charge is 2.07. The number of hydrogen-bond acceptors (Lipinski definition) is 5. The standard InChI is InChI=1S/C13H14IN3O2/c1-18-10-4-3-8(5-11(10)19-2)6-12-16-7-9(14)13(15)17-12/h3-5,7H,6H2,1-2H3,(H2,15,16,17). The van der Waals surface area contributed by atoms with Gasteiger partial charge >= 0.3 is 0 Å². The van der Waals surface area contributed by atoms with Crippen molar-refractivity contribution in [1.29, 1.82) is 0 Å². The van der Waals surface area contributed by atoms with E-state index in [1.54, 1.807) is 20.4 Å². The molecule has 2 aromatic rings. The molecule has 6 heteroatoms. The molecule has 19 heavy (non-hydrogen) atoms. The molecule has 0 spiro atoms. The van der Waals surface area contributed by atoms with E-state index in [9.17, 15) is 0 Å². The molecule has 0 fully saturated rings. The minimum absolute atomic E-state index is 0.506. The molecule has 1 aromatic carbocycles. The first-order chi connectivity index (χ1) is 9.13. The molecule has 5 nitrogen and oxygen atoms in total. The van der Waals surface area contributed by atoms with Crippen LogP contribution in [0, 0.1) is 3.57 Å². The van der Waals surface area contributed by atoms with Crippen LogP contribution in [0.4, 0.5) is 5.82 Å². The maximum atomic E-state index is 5.77. The predicted molar refractivity (Wildman–Crippen MR) is 81.5 cm³/mol. The van der Waals surface area contributed by atoms with Gasteiger partial charge in [-0.2, -0.15) is 0 Å². The summed E-state index contributed by atoms with van der Waals surface area (Å²) < 4.78 is 11.3. The Balaban J connectivity index is 2.25. The van der Waals surface area contributed by atoms with Gasteiger partial charge in [-0.1, -0.05) is 6.07 Å². The number of nitrogens with zero attached hydrogens (tertiary/aromatic N) is 2. The zero-order chi connectivity index (χ0) is 13.8. The molecule has 0 saturated heterocycles. The molecule has 1 heterocycles. The Morgan fingerprint density at radius 3 is 2.58 bits per heavy atom. The van der Waals surface area contributed by atoms with Crippen molar-refractivity contribution in [2.75, 3.05) is 20.0 Å². The molecule has 2 N–H and O–H groups in total. The van der Waals surface area contributed by atoms with Gasteiger partial charge in [-0.05, 0) is 40.3 Å². The molecule has 100 valence electrons. The summed E-state index contributed by atoms with van der Waals surface area (Å²) in [7, 11) is 3.22. The highest BCUT2D eigenvalue weighted by molar-refractivity contribution is 14.1. The van der Waals surface area contributed by atoms with E-state index in [0.29, 0.717) is 29.6 Å². The van der Waals surface area contributed by atoms with Crippen molar-refractivity contribution in [3.63, 3.8) is 0 Å². The molecule has 0 aliphatic rings. The molecule has 0 amide bonds. The highest BCUT2D eigenvalue weighted by Crippen LogP contribution is 2.28. The third-order valence-electron chi connectivity index (χ3n) is 2.63. The number of ether oxygens (including phenoxy) is 2. The number of benzene rings is 1. The molecular weight excluding hydrogens is 357 g/mol. The molecule has 2 rings (SSSR count). The highest BCUT2D eigenvalue weighted by atomic mass is 127. The second kappa shape index (κ2) is 6.05. The van der Waals surface area contributed by atoms with Gasteiger partial charge in [0.15, 0.2) is 11.5 Å². The van der Waals surface area contributed by atoms with Crippen molar-refractivity contribution in [2.24, 2.45) is 0 Å². The lowest BCUT2D eigenvalue weighted by atomic mass is 10.1. The second-order valence-electron chi connectivity index (χ2n) is 3.89. The van der Waals surface area contributed by atoms with Crippen molar-refractivity contribution in [3.05, 3.63) is 39.4 Å². The third kappa shape index (κ3) is 3.25. The van der Waals surface area contributed by atoms with Crippen molar-refractivity contribution in [1.82, 2.24) is 9.97 Å². The summed E-state index contributed by atoms with van der Waals surface area (Å²) in [4.78, 5) is 8.51. The van der Waals surface area contributed by atoms with Gasteiger partial charge < -0.3 is 15.2 Å². The monoisotopic (exact) mass is 371 g/mol. The smallest absolute Gasteiger partial charge is 0.161 e. The molecule has 0 atom stereocenters. The van der Waals surface area contributed by atoms with Crippen LogP contribution < -0.4 is 15.2 Å². The quantitative estimate of drug-likeness (QED) is 0.836. The zero-order valence-corrected chi connectivity index (χ0v) is 12.8. The molecular formula is C13H14IN3O2. The van der Waals surface area contributed by atoms with E-state index in [-0.39, 0.29) is 0 Å². The second-order valence-corrected chi connectivity index (χ2v) is 5.05. The van der Waals surface area contributed by atoms with E-state index in [1.807, 2.05) is 18.2 Å². The molecule has 0 saturated carbocycles. The van der Waals surface area contributed by atoms with Gasteiger partial charge in [0.1, 0.15) is 11.6 Å². The third-order valence-corrected chi connectivity index (χ3v) is 3.46. The average molecular weight is 371 g/mol. The lowest BCUT2D eigenvalue weighted by Gasteiger charge is -2.09. The Morgan fingerprint density at radius 2 is 1.95 bits per heavy atom. The molecule has 0 aliphatic heterocycles. The number of hydrogen-bond donors (Lipinski definition) is 1. The first kappa shape index (κ1) is 13.9. The van der Waals surface area contributed by atoms with E-state index < -0.39 is 0 Å². The Kier molecular flexibility index (Phi) is 4.41. The van der Waals surface area contributed by atoms with Crippen LogP contribution in [0.5, 0.6) is 11.5 Å². The van der Waals surface area contributed by atoms with Crippen LogP contribution in [0.25, 0.3) is 0 Å². The zero-order valence-electron chi connectivity index (χ0n) is 10.7. The van der Waals surface area contributed by atoms with Crippen molar-refractivity contribution in [3.8, 4) is 11.5 Å². The Labute approximate surface area is 125 Å². The maximum Gasteiger partial charge on any atom is 0.161 e. The number of nitrogen functional groups attached to an aromatic ring is 1. The Morgan fingerprint density at radius 1 is 1.21 bits per heavy atom. The summed E-state index contributed by atoms with van der Waals surface area (Å²) in [6.45, 7) is 0. The van der Waals surface area contributed by atoms with Crippen LogP contribution in [-0.4, -0.2) is 24.2 Å². The van der Waals surface area contributed by atoms with Gasteiger partial charge in [0.25, 0.3) is 0 Å². The summed E-state index contributed by atoms with van der Waals surface area (Å²) >= 11 is 2.11. The largest absolute Gasteiger partial charge is 0.493 e. The van der Waals surface area contributed by atoms with Gasteiger partial charge in [-0.3, -0.25) is 0 Å². The van der Waals surface area contributed by atoms with Crippen molar-refractivity contribution in [2.45, 2.75) is 6.42 Å². The van der Waals surface area contributed by atoms with Gasteiger partial charge in [-0.25, -0.2) is 9.97 Å². The van der Waals surface area contributed by atoms with Gasteiger partial charge in [0.05, 0.1) is 17.8 Å². The number of methoxy groups -OCH3 is 2. The number of nitrogens with two attached hydrogens (primary N) is 1. The topological polar surface area (TPSA) is 70.3 Å². The number of halogens is 1. The number of rotatable bonds is 4. The number of aromatic nitrogens is 2. The molecule has 0 radical (unpaired) electrons. The first-order valence-corrected chi connectivity index (χ1v) is 6.69. The van der Waals surface area contributed by atoms with Crippen LogP contribution >= 0.6 is 22.6 Å². The minimum Gasteiger partial charge on any atom is -0.493 e. The predicted octanol–water partition coefficient (Wildman–Crippen LogP) is 2.27. The minimum atomic E-state index is 0.506. The van der Waals surface area contributed by atoms with E-state index >= 15 is 0 Å². The number of anilines is 1. The van der Waals surface area contributed by atoms with Crippen LogP contribution in [0.15, 0.2) is 24.4 Å². The fraction of sp³-hybridized carbons (Fsp3) is 0.231. The fourth-order valence-corrected chi connectivity index (χ4v) is 1.94. The lowest BCUT2D eigenvalue weighted by Crippen LogP contribution is -2.02. The van der Waals surface area contributed by atoms with E-state index in [4.69, 9.17) is 15.2 Å². The fourth-order valence-electron chi connectivity index (χ4n) is 1.68. The molecule has 0 aliphatic carbocycles. The SMILES string of the molecule is COc1ccc(Cc2ncc(I)c(N)n2)cc1OC. The maximum absolute atomic E-state index is 5.77. The van der Waals surface area contributed by atoms with Gasteiger partial charge in [-0.15, -0.1) is 0 Å².